The molecule has 1 aliphatic rings. The lowest BCUT2D eigenvalue weighted by Gasteiger charge is -2.23. The van der Waals surface area contributed by atoms with Crippen molar-refractivity contribution in [3.63, 3.8) is 0 Å². The molecular weight excluding hydrogens is 438 g/mol. The van der Waals surface area contributed by atoms with Crippen LogP contribution in [0, 0.1) is 25.6 Å². The van der Waals surface area contributed by atoms with Crippen molar-refractivity contribution in [2.75, 3.05) is 6.61 Å². The molecule has 8 heteroatoms. The average molecular weight is 463 g/mol. The standard InChI is InChI=1S/C25H25F4NO3/c1-4-33-24(32)22(17-8-14(2)7-15(3)9-17)16-5-6-21(12-16)30-23(31)18-10-19(25(27,28)29)13-20(26)11-18/h5-11,13,16,21-22H,4,12H2,1-3H3,(H,30,31). The third-order valence-corrected chi connectivity index (χ3v) is 5.49. The Balaban J connectivity index is 1.78. The van der Waals surface area contributed by atoms with Crippen LogP contribution in [0.5, 0.6) is 0 Å². The van der Waals surface area contributed by atoms with E-state index in [1.165, 1.54) is 0 Å². The van der Waals surface area contributed by atoms with Gasteiger partial charge in [0.2, 0.25) is 0 Å². The Labute approximate surface area is 189 Å². The van der Waals surface area contributed by atoms with Gasteiger partial charge in [-0.2, -0.15) is 13.2 Å². The number of alkyl halides is 3. The highest BCUT2D eigenvalue weighted by molar-refractivity contribution is 5.94. The van der Waals surface area contributed by atoms with E-state index in [4.69, 9.17) is 4.74 Å². The number of hydrogen-bond acceptors (Lipinski definition) is 3. The van der Waals surface area contributed by atoms with Gasteiger partial charge < -0.3 is 10.1 Å². The Kier molecular flexibility index (Phi) is 7.25. The number of esters is 1. The summed E-state index contributed by atoms with van der Waals surface area (Å²) in [6.45, 7) is 5.80. The fourth-order valence-corrected chi connectivity index (χ4v) is 4.20. The van der Waals surface area contributed by atoms with Crippen LogP contribution in [0.3, 0.4) is 0 Å². The molecule has 4 nitrogen and oxygen atoms in total. The predicted molar refractivity (Wildman–Crippen MR) is 115 cm³/mol. The van der Waals surface area contributed by atoms with E-state index in [1.54, 1.807) is 19.1 Å². The minimum atomic E-state index is -4.77. The Morgan fingerprint density at radius 2 is 1.73 bits per heavy atom. The highest BCUT2D eigenvalue weighted by Crippen LogP contribution is 2.36. The molecule has 0 bridgehead atoms. The predicted octanol–water partition coefficient (Wildman–Crippen LogP) is 5.48. The van der Waals surface area contributed by atoms with Crippen molar-refractivity contribution in [2.45, 2.75) is 45.3 Å². The summed E-state index contributed by atoms with van der Waals surface area (Å²) in [6.07, 6.45) is -0.920. The van der Waals surface area contributed by atoms with Crippen molar-refractivity contribution in [3.8, 4) is 0 Å². The lowest BCUT2D eigenvalue weighted by atomic mass is 9.84. The first-order chi connectivity index (χ1) is 15.5. The van der Waals surface area contributed by atoms with Gasteiger partial charge in [0.05, 0.1) is 18.1 Å². The zero-order chi connectivity index (χ0) is 24.3. The first-order valence-electron chi connectivity index (χ1n) is 10.6. The number of ether oxygens (including phenoxy) is 1. The van der Waals surface area contributed by atoms with Crippen LogP contribution in [0.2, 0.25) is 0 Å². The molecule has 1 aliphatic carbocycles. The van der Waals surface area contributed by atoms with Crippen molar-refractivity contribution in [2.24, 2.45) is 5.92 Å². The van der Waals surface area contributed by atoms with Gasteiger partial charge in [-0.3, -0.25) is 9.59 Å². The largest absolute Gasteiger partial charge is 0.466 e. The molecular formula is C25H25F4NO3. The molecule has 0 spiro atoms. The molecule has 0 heterocycles. The molecule has 2 aromatic carbocycles. The zero-order valence-corrected chi connectivity index (χ0v) is 18.5. The van der Waals surface area contributed by atoms with Gasteiger partial charge in [0.15, 0.2) is 0 Å². The normalized spacial score (nSPS) is 18.8. The fourth-order valence-electron chi connectivity index (χ4n) is 4.20. The molecule has 3 unspecified atom stereocenters. The van der Waals surface area contributed by atoms with Crippen LogP contribution < -0.4 is 5.32 Å². The number of carbonyl (C=O) groups is 2. The van der Waals surface area contributed by atoms with Gasteiger partial charge in [-0.05, 0) is 56.9 Å². The van der Waals surface area contributed by atoms with E-state index in [2.05, 4.69) is 5.32 Å². The molecule has 3 rings (SSSR count). The molecule has 3 atom stereocenters. The van der Waals surface area contributed by atoms with E-state index in [9.17, 15) is 27.2 Å². The van der Waals surface area contributed by atoms with Crippen molar-refractivity contribution in [1.82, 2.24) is 5.32 Å². The quantitative estimate of drug-likeness (QED) is 0.351. The number of rotatable bonds is 6. The third kappa shape index (κ3) is 6.00. The second-order valence-electron chi connectivity index (χ2n) is 8.24. The van der Waals surface area contributed by atoms with E-state index < -0.39 is 41.0 Å². The molecule has 176 valence electrons. The highest BCUT2D eigenvalue weighted by Gasteiger charge is 2.35. The molecule has 33 heavy (non-hydrogen) atoms. The van der Waals surface area contributed by atoms with Crippen LogP contribution in [-0.2, 0) is 15.7 Å². The highest BCUT2D eigenvalue weighted by atomic mass is 19.4. The smallest absolute Gasteiger partial charge is 0.416 e. The van der Waals surface area contributed by atoms with Gasteiger partial charge in [-0.25, -0.2) is 4.39 Å². The molecule has 0 saturated heterocycles. The second kappa shape index (κ2) is 9.77. The lowest BCUT2D eigenvalue weighted by molar-refractivity contribution is -0.146. The van der Waals surface area contributed by atoms with Crippen molar-refractivity contribution in [1.29, 1.82) is 0 Å². The number of halogens is 4. The number of aryl methyl sites for hydroxylation is 2. The SMILES string of the molecule is CCOC(=O)C(c1cc(C)cc(C)c1)C1C=CC(NC(=O)c2cc(F)cc(C(F)(F)F)c2)C1. The van der Waals surface area contributed by atoms with E-state index in [0.717, 1.165) is 22.8 Å². The van der Waals surface area contributed by atoms with Crippen LogP contribution in [0.4, 0.5) is 17.6 Å². The fraction of sp³-hybridized carbons (Fsp3) is 0.360. The molecule has 0 radical (unpaired) electrons. The van der Waals surface area contributed by atoms with Gasteiger partial charge in [-0.15, -0.1) is 0 Å². The van der Waals surface area contributed by atoms with E-state index >= 15 is 0 Å². The lowest BCUT2D eigenvalue weighted by Crippen LogP contribution is -2.34. The van der Waals surface area contributed by atoms with Gasteiger partial charge in [-0.1, -0.05) is 41.5 Å². The maximum absolute atomic E-state index is 13.7. The van der Waals surface area contributed by atoms with Gasteiger partial charge in [0.25, 0.3) is 5.91 Å². The number of allylic oxidation sites excluding steroid dienone is 1. The van der Waals surface area contributed by atoms with Gasteiger partial charge in [0, 0.05) is 11.6 Å². The Hall–Kier alpha value is -3.16. The summed E-state index contributed by atoms with van der Waals surface area (Å²) in [6, 6.07) is 7.02. The van der Waals surface area contributed by atoms with Crippen LogP contribution in [0.1, 0.15) is 51.9 Å². The molecule has 0 aliphatic heterocycles. The molecule has 1 N–H and O–H groups in total. The summed E-state index contributed by atoms with van der Waals surface area (Å²) >= 11 is 0. The van der Waals surface area contributed by atoms with Crippen LogP contribution in [-0.4, -0.2) is 24.5 Å². The summed E-state index contributed by atoms with van der Waals surface area (Å²) in [5.41, 5.74) is 1.14. The monoisotopic (exact) mass is 463 g/mol. The Morgan fingerprint density at radius 1 is 1.06 bits per heavy atom. The minimum Gasteiger partial charge on any atom is -0.466 e. The molecule has 1 amide bonds. The summed E-state index contributed by atoms with van der Waals surface area (Å²) in [5.74, 6) is -3.23. The number of hydrogen-bond donors (Lipinski definition) is 1. The second-order valence-corrected chi connectivity index (χ2v) is 8.24. The van der Waals surface area contributed by atoms with E-state index in [-0.39, 0.29) is 18.5 Å². The summed E-state index contributed by atoms with van der Waals surface area (Å²) in [7, 11) is 0. The first-order valence-corrected chi connectivity index (χ1v) is 10.6. The van der Waals surface area contributed by atoms with Crippen LogP contribution in [0.15, 0.2) is 48.6 Å². The molecule has 0 saturated carbocycles. The van der Waals surface area contributed by atoms with Crippen LogP contribution in [0.25, 0.3) is 0 Å². The molecule has 0 fully saturated rings. The minimum absolute atomic E-state index is 0.220. The summed E-state index contributed by atoms with van der Waals surface area (Å²) < 4.78 is 57.8. The Bertz CT molecular complexity index is 1060. The van der Waals surface area contributed by atoms with Gasteiger partial charge in [0.1, 0.15) is 5.82 Å². The number of nitrogens with one attached hydrogen (secondary N) is 1. The number of carbonyl (C=O) groups excluding carboxylic acids is 2. The van der Waals surface area contributed by atoms with Gasteiger partial charge >= 0.3 is 12.1 Å². The Morgan fingerprint density at radius 3 is 2.33 bits per heavy atom. The third-order valence-electron chi connectivity index (χ3n) is 5.49. The maximum atomic E-state index is 13.7. The van der Waals surface area contributed by atoms with Crippen molar-refractivity contribution < 1.29 is 31.9 Å². The van der Waals surface area contributed by atoms with E-state index in [1.807, 2.05) is 32.0 Å². The molecule has 2 aromatic rings. The first kappa shape index (κ1) is 24.5. The van der Waals surface area contributed by atoms with Crippen LogP contribution >= 0.6 is 0 Å². The van der Waals surface area contributed by atoms with Crippen molar-refractivity contribution in [3.05, 3.63) is 82.2 Å². The number of amides is 1. The number of benzene rings is 2. The van der Waals surface area contributed by atoms with E-state index in [0.29, 0.717) is 18.6 Å². The summed E-state index contributed by atoms with van der Waals surface area (Å²) in [4.78, 5) is 25.3. The topological polar surface area (TPSA) is 55.4 Å². The maximum Gasteiger partial charge on any atom is 0.416 e. The zero-order valence-electron chi connectivity index (χ0n) is 18.5. The summed E-state index contributed by atoms with van der Waals surface area (Å²) in [5, 5.41) is 2.62. The average Bonchev–Trinajstić information content (AvgIpc) is 3.14. The molecule has 0 aromatic heterocycles. The van der Waals surface area contributed by atoms with Crippen molar-refractivity contribution >= 4 is 11.9 Å².